The second-order valence-corrected chi connectivity index (χ2v) is 7.36. The van der Waals surface area contributed by atoms with E-state index in [-0.39, 0.29) is 0 Å². The van der Waals surface area contributed by atoms with Crippen molar-refractivity contribution in [3.05, 3.63) is 66.4 Å². The highest BCUT2D eigenvalue weighted by Crippen LogP contribution is 2.34. The van der Waals surface area contributed by atoms with E-state index in [0.29, 0.717) is 0 Å². The lowest BCUT2D eigenvalue weighted by Crippen LogP contribution is -2.29. The molecule has 132 valence electrons. The fraction of sp³-hybridized carbons (Fsp3) is 0.333. The highest BCUT2D eigenvalue weighted by Gasteiger charge is 2.40. The number of aromatic nitrogens is 2. The molecule has 0 amide bonds. The fourth-order valence-electron chi connectivity index (χ4n) is 4.30. The number of rotatable bonds is 4. The molecule has 5 heteroatoms. The zero-order chi connectivity index (χ0) is 17.3. The Balaban J connectivity index is 1.21. The van der Waals surface area contributed by atoms with Gasteiger partial charge in [-0.15, -0.1) is 10.2 Å². The molecular formula is C21H22N4O. The Morgan fingerprint density at radius 3 is 2.31 bits per heavy atom. The van der Waals surface area contributed by atoms with E-state index >= 15 is 0 Å². The molecule has 2 aliphatic rings. The van der Waals surface area contributed by atoms with E-state index in [1.165, 1.54) is 18.7 Å². The minimum atomic E-state index is 0.727. The Hall–Kier alpha value is -2.66. The average molecular weight is 346 g/mol. The lowest BCUT2D eigenvalue weighted by atomic mass is 10.0. The Kier molecular flexibility index (Phi) is 3.94. The van der Waals surface area contributed by atoms with Crippen molar-refractivity contribution in [3.63, 3.8) is 0 Å². The first-order valence-electron chi connectivity index (χ1n) is 9.24. The van der Waals surface area contributed by atoms with Gasteiger partial charge >= 0.3 is 0 Å². The van der Waals surface area contributed by atoms with Crippen LogP contribution >= 0.6 is 0 Å². The molecule has 5 rings (SSSR count). The molecule has 0 saturated carbocycles. The third kappa shape index (κ3) is 2.99. The maximum Gasteiger partial charge on any atom is 0.154 e. The number of likely N-dealkylation sites (tertiary alicyclic amines) is 1. The molecule has 0 N–H and O–H groups in total. The van der Waals surface area contributed by atoms with Crippen LogP contribution in [0.1, 0.15) is 5.56 Å². The molecule has 3 aromatic rings. The summed E-state index contributed by atoms with van der Waals surface area (Å²) in [5, 5.41) is 8.77. The van der Waals surface area contributed by atoms with Crippen molar-refractivity contribution >= 4 is 5.82 Å². The largest absolute Gasteiger partial charge is 0.463 e. The van der Waals surface area contributed by atoms with Crippen molar-refractivity contribution in [3.8, 4) is 11.5 Å². The van der Waals surface area contributed by atoms with Gasteiger partial charge in [-0.2, -0.15) is 0 Å². The van der Waals surface area contributed by atoms with Crippen LogP contribution in [0.3, 0.4) is 0 Å². The molecule has 2 aromatic heterocycles. The number of fused-ring (bicyclic) bond motifs is 1. The standard InChI is InChI=1S/C21H22N4O/c1-2-5-16(6-3-1)11-24-12-17-14-25(15-18(17)13-24)21-9-8-19(22-23-21)20-7-4-10-26-20/h1-10,17-18H,11-15H2/t17-,18-/m1/s1. The summed E-state index contributed by atoms with van der Waals surface area (Å²) in [4.78, 5) is 4.97. The third-order valence-electron chi connectivity index (χ3n) is 5.56. The monoisotopic (exact) mass is 346 g/mol. The van der Waals surface area contributed by atoms with Crippen molar-refractivity contribution in [1.82, 2.24) is 15.1 Å². The Morgan fingerprint density at radius 1 is 0.846 bits per heavy atom. The number of nitrogens with zero attached hydrogens (tertiary/aromatic N) is 4. The van der Waals surface area contributed by atoms with Gasteiger partial charge in [0, 0.05) is 32.7 Å². The molecule has 0 radical (unpaired) electrons. The molecule has 2 atom stereocenters. The van der Waals surface area contributed by atoms with Crippen molar-refractivity contribution in [2.45, 2.75) is 6.54 Å². The maximum absolute atomic E-state index is 5.38. The first-order valence-corrected chi connectivity index (χ1v) is 9.24. The highest BCUT2D eigenvalue weighted by molar-refractivity contribution is 5.53. The van der Waals surface area contributed by atoms with E-state index < -0.39 is 0 Å². The van der Waals surface area contributed by atoms with Gasteiger partial charge in [0.05, 0.1) is 6.26 Å². The van der Waals surface area contributed by atoms with Crippen LogP contribution in [0.25, 0.3) is 11.5 Å². The van der Waals surface area contributed by atoms with Crippen LogP contribution in [0.5, 0.6) is 0 Å². The number of furan rings is 1. The van der Waals surface area contributed by atoms with E-state index in [0.717, 1.165) is 48.7 Å². The smallest absolute Gasteiger partial charge is 0.154 e. The SMILES string of the molecule is c1ccc(CN2C[C@@H]3CN(c4ccc(-c5ccco5)nn4)C[C@H]3C2)cc1. The van der Waals surface area contributed by atoms with E-state index in [1.807, 2.05) is 18.2 Å². The molecule has 26 heavy (non-hydrogen) atoms. The molecule has 0 spiro atoms. The first kappa shape index (κ1) is 15.6. The third-order valence-corrected chi connectivity index (χ3v) is 5.56. The van der Waals surface area contributed by atoms with Gasteiger partial charge < -0.3 is 9.32 Å². The Bertz CT molecular complexity index is 833. The van der Waals surface area contributed by atoms with Crippen LogP contribution < -0.4 is 4.90 Å². The fourth-order valence-corrected chi connectivity index (χ4v) is 4.30. The zero-order valence-corrected chi connectivity index (χ0v) is 14.7. The van der Waals surface area contributed by atoms with Gasteiger partial charge in [-0.25, -0.2) is 0 Å². The normalized spacial score (nSPS) is 22.7. The van der Waals surface area contributed by atoms with Crippen molar-refractivity contribution in [1.29, 1.82) is 0 Å². The van der Waals surface area contributed by atoms with Crippen LogP contribution in [-0.4, -0.2) is 41.3 Å². The van der Waals surface area contributed by atoms with Crippen LogP contribution in [0.15, 0.2) is 65.3 Å². The number of anilines is 1. The quantitative estimate of drug-likeness (QED) is 0.725. The molecule has 0 aliphatic carbocycles. The number of hydrogen-bond acceptors (Lipinski definition) is 5. The minimum absolute atomic E-state index is 0.727. The summed E-state index contributed by atoms with van der Waals surface area (Å²) in [5.74, 6) is 3.19. The molecule has 2 saturated heterocycles. The molecule has 2 aliphatic heterocycles. The lowest BCUT2D eigenvalue weighted by Gasteiger charge is -2.22. The van der Waals surface area contributed by atoms with Gasteiger partial charge in [0.25, 0.3) is 0 Å². The summed E-state index contributed by atoms with van der Waals surface area (Å²) in [6.07, 6.45) is 1.66. The predicted molar refractivity (Wildman–Crippen MR) is 101 cm³/mol. The van der Waals surface area contributed by atoms with Crippen LogP contribution in [0.2, 0.25) is 0 Å². The first-order chi connectivity index (χ1) is 12.8. The van der Waals surface area contributed by atoms with Crippen LogP contribution in [0, 0.1) is 11.8 Å². The summed E-state index contributed by atoms with van der Waals surface area (Å²) >= 11 is 0. The summed E-state index contributed by atoms with van der Waals surface area (Å²) in [6, 6.07) is 18.6. The van der Waals surface area contributed by atoms with E-state index in [1.54, 1.807) is 6.26 Å². The molecule has 1 aromatic carbocycles. The van der Waals surface area contributed by atoms with E-state index in [9.17, 15) is 0 Å². The molecule has 5 nitrogen and oxygen atoms in total. The second-order valence-electron chi connectivity index (χ2n) is 7.36. The van der Waals surface area contributed by atoms with Gasteiger partial charge in [0.2, 0.25) is 0 Å². The summed E-state index contributed by atoms with van der Waals surface area (Å²) in [5.41, 5.74) is 2.19. The predicted octanol–water partition coefficient (Wildman–Crippen LogP) is 3.30. The van der Waals surface area contributed by atoms with Crippen molar-refractivity contribution < 1.29 is 4.42 Å². The number of hydrogen-bond donors (Lipinski definition) is 0. The van der Waals surface area contributed by atoms with Gasteiger partial charge in [0.15, 0.2) is 11.6 Å². The minimum Gasteiger partial charge on any atom is -0.463 e. The van der Waals surface area contributed by atoms with Crippen molar-refractivity contribution in [2.75, 3.05) is 31.1 Å². The van der Waals surface area contributed by atoms with Gasteiger partial charge in [0.1, 0.15) is 5.69 Å². The molecular weight excluding hydrogens is 324 g/mol. The van der Waals surface area contributed by atoms with Gasteiger partial charge in [-0.3, -0.25) is 4.90 Å². The summed E-state index contributed by atoms with van der Waals surface area (Å²) in [6.45, 7) is 5.56. The summed E-state index contributed by atoms with van der Waals surface area (Å²) in [7, 11) is 0. The van der Waals surface area contributed by atoms with Gasteiger partial charge in [-0.1, -0.05) is 30.3 Å². The second kappa shape index (κ2) is 6.57. The Labute approximate surface area is 153 Å². The van der Waals surface area contributed by atoms with E-state index in [4.69, 9.17) is 4.42 Å². The molecule has 4 heterocycles. The van der Waals surface area contributed by atoms with E-state index in [2.05, 4.69) is 56.4 Å². The zero-order valence-electron chi connectivity index (χ0n) is 14.7. The highest BCUT2D eigenvalue weighted by atomic mass is 16.3. The van der Waals surface area contributed by atoms with Crippen LogP contribution in [0.4, 0.5) is 5.82 Å². The summed E-state index contributed by atoms with van der Waals surface area (Å²) < 4.78 is 5.38. The number of benzene rings is 1. The van der Waals surface area contributed by atoms with Crippen molar-refractivity contribution in [2.24, 2.45) is 11.8 Å². The van der Waals surface area contributed by atoms with Crippen LogP contribution in [-0.2, 0) is 6.54 Å². The average Bonchev–Trinajstić information content (AvgIpc) is 3.39. The Morgan fingerprint density at radius 2 is 1.65 bits per heavy atom. The molecule has 0 unspecified atom stereocenters. The molecule has 2 fully saturated rings. The topological polar surface area (TPSA) is 45.4 Å². The lowest BCUT2D eigenvalue weighted by molar-refractivity contribution is 0.309. The van der Waals surface area contributed by atoms with Gasteiger partial charge in [-0.05, 0) is 41.7 Å². The maximum atomic E-state index is 5.38. The molecule has 0 bridgehead atoms.